The molecule has 0 atom stereocenters. The van der Waals surface area contributed by atoms with Crippen LogP contribution in [0.5, 0.6) is 0 Å². The molecule has 3 heteroatoms. The van der Waals surface area contributed by atoms with Crippen molar-refractivity contribution in [1.29, 1.82) is 0 Å². The lowest BCUT2D eigenvalue weighted by Gasteiger charge is -2.05. The topological polar surface area (TPSA) is 45.8 Å². The van der Waals surface area contributed by atoms with Crippen molar-refractivity contribution in [3.63, 3.8) is 0 Å². The summed E-state index contributed by atoms with van der Waals surface area (Å²) in [5.41, 5.74) is 2.30. The highest BCUT2D eigenvalue weighted by Crippen LogP contribution is 2.17. The van der Waals surface area contributed by atoms with Gasteiger partial charge in [-0.25, -0.2) is 4.98 Å². The van der Waals surface area contributed by atoms with Crippen LogP contribution in [0.4, 0.5) is 0 Å². The van der Waals surface area contributed by atoms with E-state index in [0.717, 1.165) is 17.6 Å². The molecule has 3 nitrogen and oxygen atoms in total. The third-order valence-electron chi connectivity index (χ3n) is 2.57. The number of hydrogen-bond donors (Lipinski definition) is 1. The van der Waals surface area contributed by atoms with E-state index >= 15 is 0 Å². The van der Waals surface area contributed by atoms with E-state index in [-0.39, 0.29) is 5.56 Å². The minimum Gasteiger partial charge on any atom is -0.307 e. The van der Waals surface area contributed by atoms with E-state index in [4.69, 9.17) is 0 Å². The first-order valence-electron chi connectivity index (χ1n) is 5.55. The number of aromatic nitrogens is 2. The summed E-state index contributed by atoms with van der Waals surface area (Å²) in [5, 5.41) is 0. The molecule has 86 valence electrons. The van der Waals surface area contributed by atoms with E-state index in [9.17, 15) is 4.79 Å². The van der Waals surface area contributed by atoms with Crippen molar-refractivity contribution in [2.24, 2.45) is 0 Å². The van der Waals surface area contributed by atoms with Crippen LogP contribution in [0.15, 0.2) is 47.8 Å². The molecule has 0 aliphatic heterocycles. The van der Waals surface area contributed by atoms with Gasteiger partial charge in [-0.3, -0.25) is 4.79 Å². The highest BCUT2D eigenvalue weighted by Gasteiger charge is 2.05. The molecule has 2 rings (SSSR count). The minimum atomic E-state index is -0.150. The van der Waals surface area contributed by atoms with Crippen molar-refractivity contribution in [3.8, 4) is 11.3 Å². The fourth-order valence-corrected chi connectivity index (χ4v) is 1.55. The number of nitrogens with zero attached hydrogens (tertiary/aromatic N) is 1. The van der Waals surface area contributed by atoms with Gasteiger partial charge < -0.3 is 4.98 Å². The molecule has 0 saturated carbocycles. The Morgan fingerprint density at radius 1 is 1.35 bits per heavy atom. The van der Waals surface area contributed by atoms with Gasteiger partial charge in [0.1, 0.15) is 5.82 Å². The summed E-state index contributed by atoms with van der Waals surface area (Å²) in [4.78, 5) is 18.7. The SMILES string of the molecule is C=C(CC)c1nc(-c2ccccc2)cc(=O)[nH]1. The number of benzene rings is 1. The lowest BCUT2D eigenvalue weighted by Crippen LogP contribution is -2.10. The van der Waals surface area contributed by atoms with Crippen LogP contribution in [0, 0.1) is 0 Å². The molecule has 0 aliphatic rings. The monoisotopic (exact) mass is 226 g/mol. The smallest absolute Gasteiger partial charge is 0.251 e. The fraction of sp³-hybridized carbons (Fsp3) is 0.143. The van der Waals surface area contributed by atoms with Gasteiger partial charge in [-0.1, -0.05) is 43.8 Å². The molecule has 0 saturated heterocycles. The Bertz CT molecular complexity index is 585. The summed E-state index contributed by atoms with van der Waals surface area (Å²) in [5.74, 6) is 0.568. The van der Waals surface area contributed by atoms with Crippen LogP contribution in [-0.4, -0.2) is 9.97 Å². The van der Waals surface area contributed by atoms with Gasteiger partial charge in [-0.15, -0.1) is 0 Å². The van der Waals surface area contributed by atoms with Gasteiger partial charge in [0.15, 0.2) is 0 Å². The maximum atomic E-state index is 11.6. The molecule has 0 spiro atoms. The van der Waals surface area contributed by atoms with E-state index in [1.54, 1.807) is 0 Å². The first-order chi connectivity index (χ1) is 8.20. The summed E-state index contributed by atoms with van der Waals surface area (Å²) >= 11 is 0. The highest BCUT2D eigenvalue weighted by atomic mass is 16.1. The lowest BCUT2D eigenvalue weighted by molar-refractivity contribution is 1.05. The normalized spacial score (nSPS) is 10.2. The second kappa shape index (κ2) is 4.78. The van der Waals surface area contributed by atoms with Gasteiger partial charge in [-0.2, -0.15) is 0 Å². The number of allylic oxidation sites excluding steroid dienone is 1. The van der Waals surface area contributed by atoms with E-state index in [1.807, 2.05) is 37.3 Å². The number of nitrogens with one attached hydrogen (secondary N) is 1. The lowest BCUT2D eigenvalue weighted by atomic mass is 10.1. The Labute approximate surface area is 99.9 Å². The molecule has 0 amide bonds. The third kappa shape index (κ3) is 2.50. The number of H-pyrrole nitrogens is 1. The van der Waals surface area contributed by atoms with E-state index < -0.39 is 0 Å². The molecule has 0 bridgehead atoms. The van der Waals surface area contributed by atoms with Gasteiger partial charge in [-0.05, 0) is 12.0 Å². The standard InChI is InChI=1S/C14H14N2O/c1-3-10(2)14-15-12(9-13(17)16-14)11-7-5-4-6-8-11/h4-9H,2-3H2,1H3,(H,15,16,17). The zero-order valence-corrected chi connectivity index (χ0v) is 9.73. The Morgan fingerprint density at radius 3 is 2.71 bits per heavy atom. The molecular weight excluding hydrogens is 212 g/mol. The molecule has 1 aromatic heterocycles. The predicted molar refractivity (Wildman–Crippen MR) is 69.6 cm³/mol. The molecule has 1 aromatic carbocycles. The number of hydrogen-bond acceptors (Lipinski definition) is 2. The Hall–Kier alpha value is -2.16. The molecule has 0 fully saturated rings. The number of rotatable bonds is 3. The van der Waals surface area contributed by atoms with Gasteiger partial charge in [0, 0.05) is 11.6 Å². The summed E-state index contributed by atoms with van der Waals surface area (Å²) in [6.07, 6.45) is 0.765. The van der Waals surface area contributed by atoms with E-state index in [0.29, 0.717) is 11.5 Å². The zero-order valence-electron chi connectivity index (χ0n) is 9.73. The van der Waals surface area contributed by atoms with E-state index in [2.05, 4.69) is 16.5 Å². The second-order valence-electron chi connectivity index (χ2n) is 3.80. The predicted octanol–water partition coefficient (Wildman–Crippen LogP) is 2.86. The van der Waals surface area contributed by atoms with Gasteiger partial charge in [0.2, 0.25) is 0 Å². The van der Waals surface area contributed by atoms with Crippen LogP contribution in [0.25, 0.3) is 16.8 Å². The van der Waals surface area contributed by atoms with Crippen LogP contribution in [0.2, 0.25) is 0 Å². The second-order valence-corrected chi connectivity index (χ2v) is 3.80. The van der Waals surface area contributed by atoms with Crippen LogP contribution < -0.4 is 5.56 Å². The summed E-state index contributed by atoms with van der Waals surface area (Å²) < 4.78 is 0. The molecule has 17 heavy (non-hydrogen) atoms. The molecule has 1 N–H and O–H groups in total. The molecule has 0 radical (unpaired) electrons. The largest absolute Gasteiger partial charge is 0.307 e. The van der Waals surface area contributed by atoms with Gasteiger partial charge >= 0.3 is 0 Å². The summed E-state index contributed by atoms with van der Waals surface area (Å²) in [7, 11) is 0. The fourth-order valence-electron chi connectivity index (χ4n) is 1.55. The Kier molecular flexibility index (Phi) is 3.19. The molecular formula is C14H14N2O. The molecule has 0 unspecified atom stereocenters. The highest BCUT2D eigenvalue weighted by molar-refractivity contribution is 5.62. The Balaban J connectivity index is 2.53. The third-order valence-corrected chi connectivity index (χ3v) is 2.57. The quantitative estimate of drug-likeness (QED) is 0.874. The number of aromatic amines is 1. The maximum Gasteiger partial charge on any atom is 0.251 e. The van der Waals surface area contributed by atoms with Crippen molar-refractivity contribution < 1.29 is 0 Å². The van der Waals surface area contributed by atoms with Crippen LogP contribution in [0.1, 0.15) is 19.2 Å². The van der Waals surface area contributed by atoms with Crippen molar-refractivity contribution in [2.75, 3.05) is 0 Å². The maximum absolute atomic E-state index is 11.6. The zero-order chi connectivity index (χ0) is 12.3. The first-order valence-corrected chi connectivity index (χ1v) is 5.55. The van der Waals surface area contributed by atoms with Crippen molar-refractivity contribution in [3.05, 3.63) is 59.2 Å². The first kappa shape index (κ1) is 11.3. The van der Waals surface area contributed by atoms with Crippen molar-refractivity contribution >= 4 is 5.57 Å². The summed E-state index contributed by atoms with van der Waals surface area (Å²) in [6, 6.07) is 11.1. The van der Waals surface area contributed by atoms with Gasteiger partial charge in [0.25, 0.3) is 5.56 Å². The summed E-state index contributed by atoms with van der Waals surface area (Å²) in [6.45, 7) is 5.87. The molecule has 1 heterocycles. The average molecular weight is 226 g/mol. The molecule has 2 aromatic rings. The Morgan fingerprint density at radius 2 is 2.06 bits per heavy atom. The minimum absolute atomic E-state index is 0.150. The van der Waals surface area contributed by atoms with Gasteiger partial charge in [0.05, 0.1) is 5.69 Å². The van der Waals surface area contributed by atoms with Crippen LogP contribution in [0.3, 0.4) is 0 Å². The molecule has 0 aliphatic carbocycles. The van der Waals surface area contributed by atoms with Crippen LogP contribution in [-0.2, 0) is 0 Å². The van der Waals surface area contributed by atoms with Crippen LogP contribution >= 0.6 is 0 Å². The van der Waals surface area contributed by atoms with Crippen molar-refractivity contribution in [1.82, 2.24) is 9.97 Å². The van der Waals surface area contributed by atoms with Crippen molar-refractivity contribution in [2.45, 2.75) is 13.3 Å². The average Bonchev–Trinajstić information content (AvgIpc) is 2.38. The van der Waals surface area contributed by atoms with E-state index in [1.165, 1.54) is 6.07 Å².